The van der Waals surface area contributed by atoms with Crippen molar-refractivity contribution in [2.24, 2.45) is 5.92 Å². The summed E-state index contributed by atoms with van der Waals surface area (Å²) in [7, 11) is 0. The average molecular weight is 420 g/mol. The molecular weight excluding hydrogens is 397 g/mol. The van der Waals surface area contributed by atoms with E-state index in [1.54, 1.807) is 17.2 Å². The van der Waals surface area contributed by atoms with Crippen molar-refractivity contribution in [1.82, 2.24) is 9.88 Å². The minimum absolute atomic E-state index is 0.144. The van der Waals surface area contributed by atoms with Gasteiger partial charge in [0, 0.05) is 25.0 Å². The van der Waals surface area contributed by atoms with Crippen LogP contribution in [0.1, 0.15) is 24.0 Å². The number of hydrogen-bond donors (Lipinski definition) is 2. The maximum atomic E-state index is 12.8. The van der Waals surface area contributed by atoms with E-state index in [0.717, 1.165) is 17.7 Å². The van der Waals surface area contributed by atoms with Crippen LogP contribution in [0.4, 0.5) is 24.7 Å². The second-order valence-corrected chi connectivity index (χ2v) is 7.32. The fourth-order valence-corrected chi connectivity index (χ4v) is 3.28. The summed E-state index contributed by atoms with van der Waals surface area (Å²) in [6, 6.07) is 8.27. The first-order chi connectivity index (χ1) is 14.2. The van der Waals surface area contributed by atoms with Crippen LogP contribution in [0, 0.1) is 12.8 Å². The summed E-state index contributed by atoms with van der Waals surface area (Å²) in [5, 5.41) is 5.51. The summed E-state index contributed by atoms with van der Waals surface area (Å²) in [6.07, 6.45) is -1.45. The molecule has 2 aromatic rings. The Labute approximate surface area is 172 Å². The molecule has 1 aliphatic rings. The maximum Gasteiger partial charge on any atom is 0.416 e. The smallest absolute Gasteiger partial charge is 0.376 e. The molecule has 9 heteroatoms. The Morgan fingerprint density at radius 1 is 1.23 bits per heavy atom. The van der Waals surface area contributed by atoms with Crippen molar-refractivity contribution in [1.29, 1.82) is 0 Å². The van der Waals surface area contributed by atoms with Gasteiger partial charge in [0.2, 0.25) is 11.8 Å². The van der Waals surface area contributed by atoms with Crippen molar-refractivity contribution < 1.29 is 22.8 Å². The van der Waals surface area contributed by atoms with Gasteiger partial charge in [0.1, 0.15) is 5.82 Å². The molecule has 30 heavy (non-hydrogen) atoms. The fourth-order valence-electron chi connectivity index (χ4n) is 3.28. The van der Waals surface area contributed by atoms with Crippen LogP contribution in [0.2, 0.25) is 0 Å². The summed E-state index contributed by atoms with van der Waals surface area (Å²) in [4.78, 5) is 30.8. The molecule has 2 N–H and O–H groups in total. The van der Waals surface area contributed by atoms with Gasteiger partial charge in [0.25, 0.3) is 0 Å². The topological polar surface area (TPSA) is 74.3 Å². The molecule has 1 saturated heterocycles. The van der Waals surface area contributed by atoms with Gasteiger partial charge in [-0.3, -0.25) is 9.59 Å². The highest BCUT2D eigenvalue weighted by Gasteiger charge is 2.31. The molecule has 1 aliphatic heterocycles. The lowest BCUT2D eigenvalue weighted by atomic mass is 9.97. The maximum absolute atomic E-state index is 12.8. The van der Waals surface area contributed by atoms with Crippen LogP contribution in [-0.2, 0) is 15.8 Å². The summed E-state index contributed by atoms with van der Waals surface area (Å²) in [5.74, 6) is -0.368. The Morgan fingerprint density at radius 2 is 2.03 bits per heavy atom. The highest BCUT2D eigenvalue weighted by atomic mass is 19.4. The summed E-state index contributed by atoms with van der Waals surface area (Å²) in [6.45, 7) is 2.53. The lowest BCUT2D eigenvalue weighted by molar-refractivity contribution is -0.137. The largest absolute Gasteiger partial charge is 0.416 e. The Morgan fingerprint density at radius 3 is 2.73 bits per heavy atom. The molecule has 1 unspecified atom stereocenters. The number of anilines is 2. The summed E-state index contributed by atoms with van der Waals surface area (Å²) in [5.41, 5.74) is 0.421. The lowest BCUT2D eigenvalue weighted by Gasteiger charge is -2.32. The number of nitrogens with one attached hydrogen (secondary N) is 2. The first-order valence-corrected chi connectivity index (χ1v) is 9.65. The predicted molar refractivity (Wildman–Crippen MR) is 107 cm³/mol. The molecule has 2 amide bonds. The normalized spacial score (nSPS) is 16.8. The number of carbonyl (C=O) groups is 2. The molecule has 0 radical (unpaired) electrons. The second-order valence-electron chi connectivity index (χ2n) is 7.32. The molecule has 0 aliphatic carbocycles. The number of piperidine rings is 1. The number of nitrogens with zero attached hydrogens (tertiary/aromatic N) is 2. The van der Waals surface area contributed by atoms with E-state index < -0.39 is 11.7 Å². The number of aromatic nitrogens is 1. The van der Waals surface area contributed by atoms with Crippen LogP contribution in [-0.4, -0.2) is 41.3 Å². The van der Waals surface area contributed by atoms with Gasteiger partial charge in [-0.05, 0) is 49.6 Å². The Kier molecular flexibility index (Phi) is 6.59. The van der Waals surface area contributed by atoms with E-state index in [1.807, 2.05) is 13.0 Å². The number of amides is 2. The van der Waals surface area contributed by atoms with E-state index in [4.69, 9.17) is 0 Å². The van der Waals surface area contributed by atoms with Crippen molar-refractivity contribution in [3.05, 3.63) is 53.7 Å². The van der Waals surface area contributed by atoms with Gasteiger partial charge in [0.15, 0.2) is 0 Å². The molecule has 0 saturated carbocycles. The van der Waals surface area contributed by atoms with Crippen molar-refractivity contribution in [2.75, 3.05) is 30.3 Å². The number of pyridine rings is 1. The Balaban J connectivity index is 1.54. The van der Waals surface area contributed by atoms with Crippen molar-refractivity contribution in [3.63, 3.8) is 0 Å². The molecule has 6 nitrogen and oxygen atoms in total. The zero-order valence-corrected chi connectivity index (χ0v) is 16.5. The molecule has 0 spiro atoms. The van der Waals surface area contributed by atoms with E-state index in [1.165, 1.54) is 12.1 Å². The van der Waals surface area contributed by atoms with E-state index in [9.17, 15) is 22.8 Å². The number of rotatable bonds is 5. The standard InChI is InChI=1S/C21H23F3N4O2/c1-14-7-8-18(26-11-14)27-20(30)15-4-3-9-28(13-15)19(29)12-25-17-6-2-5-16(10-17)21(22,23)24/h2,5-8,10-11,15,25H,3-4,9,12-13H2,1H3,(H,26,27,30). The lowest BCUT2D eigenvalue weighted by Crippen LogP contribution is -2.45. The molecule has 1 atom stereocenters. The molecule has 160 valence electrons. The zero-order valence-electron chi connectivity index (χ0n) is 16.5. The van der Waals surface area contributed by atoms with Gasteiger partial charge in [-0.15, -0.1) is 0 Å². The third-order valence-electron chi connectivity index (χ3n) is 4.94. The van der Waals surface area contributed by atoms with Gasteiger partial charge in [-0.25, -0.2) is 4.98 Å². The first-order valence-electron chi connectivity index (χ1n) is 9.65. The quantitative estimate of drug-likeness (QED) is 0.774. The van der Waals surface area contributed by atoms with E-state index >= 15 is 0 Å². The van der Waals surface area contributed by atoms with Crippen LogP contribution in [0.3, 0.4) is 0 Å². The Bertz CT molecular complexity index is 900. The third kappa shape index (κ3) is 5.71. The van der Waals surface area contributed by atoms with Gasteiger partial charge in [-0.2, -0.15) is 13.2 Å². The van der Waals surface area contributed by atoms with Gasteiger partial charge >= 0.3 is 6.18 Å². The summed E-state index contributed by atoms with van der Waals surface area (Å²) >= 11 is 0. The van der Waals surface area contributed by atoms with E-state index in [0.29, 0.717) is 25.2 Å². The van der Waals surface area contributed by atoms with Crippen LogP contribution in [0.25, 0.3) is 0 Å². The number of alkyl halides is 3. The first kappa shape index (κ1) is 21.6. The minimum Gasteiger partial charge on any atom is -0.376 e. The minimum atomic E-state index is -4.44. The highest BCUT2D eigenvalue weighted by Crippen LogP contribution is 2.30. The molecule has 3 rings (SSSR count). The van der Waals surface area contributed by atoms with Crippen LogP contribution in [0.15, 0.2) is 42.6 Å². The second kappa shape index (κ2) is 9.15. The van der Waals surface area contributed by atoms with Gasteiger partial charge in [0.05, 0.1) is 18.0 Å². The molecule has 1 aromatic carbocycles. The van der Waals surface area contributed by atoms with Crippen molar-refractivity contribution in [2.45, 2.75) is 25.9 Å². The number of aryl methyl sites for hydroxylation is 1. The van der Waals surface area contributed by atoms with Crippen LogP contribution >= 0.6 is 0 Å². The van der Waals surface area contributed by atoms with E-state index in [-0.39, 0.29) is 36.5 Å². The summed E-state index contributed by atoms with van der Waals surface area (Å²) < 4.78 is 38.4. The zero-order chi connectivity index (χ0) is 21.7. The van der Waals surface area contributed by atoms with Gasteiger partial charge < -0.3 is 15.5 Å². The van der Waals surface area contributed by atoms with Crippen LogP contribution in [0.5, 0.6) is 0 Å². The molecule has 1 fully saturated rings. The highest BCUT2D eigenvalue weighted by molar-refractivity contribution is 5.92. The molecular formula is C21H23F3N4O2. The predicted octanol–water partition coefficient (Wildman–Crippen LogP) is 3.70. The van der Waals surface area contributed by atoms with Crippen molar-refractivity contribution >= 4 is 23.3 Å². The Hall–Kier alpha value is -3.10. The SMILES string of the molecule is Cc1ccc(NC(=O)C2CCCN(C(=O)CNc3cccc(C(F)(F)F)c3)C2)nc1. The monoisotopic (exact) mass is 420 g/mol. The molecule has 0 bridgehead atoms. The van der Waals surface area contributed by atoms with Crippen molar-refractivity contribution in [3.8, 4) is 0 Å². The number of likely N-dealkylation sites (tertiary alicyclic amines) is 1. The number of hydrogen-bond acceptors (Lipinski definition) is 4. The van der Waals surface area contributed by atoms with E-state index in [2.05, 4.69) is 15.6 Å². The third-order valence-corrected chi connectivity index (χ3v) is 4.94. The average Bonchev–Trinajstić information content (AvgIpc) is 2.73. The number of benzene rings is 1. The fraction of sp³-hybridized carbons (Fsp3) is 0.381. The van der Waals surface area contributed by atoms with Gasteiger partial charge in [-0.1, -0.05) is 12.1 Å². The molecule has 2 heterocycles. The number of halogens is 3. The number of carbonyl (C=O) groups excluding carboxylic acids is 2. The molecule has 1 aromatic heterocycles. The van der Waals surface area contributed by atoms with Crippen LogP contribution < -0.4 is 10.6 Å².